The Kier molecular flexibility index (Phi) is 4.10. The SMILES string of the molecule is Oc1ccc(Sc2cc(Br)ccc2C(F)(F)F)cc1. The summed E-state index contributed by atoms with van der Waals surface area (Å²) in [7, 11) is 0. The van der Waals surface area contributed by atoms with Crippen molar-refractivity contribution in [1.82, 2.24) is 0 Å². The van der Waals surface area contributed by atoms with E-state index in [-0.39, 0.29) is 10.6 Å². The summed E-state index contributed by atoms with van der Waals surface area (Å²) in [4.78, 5) is 0.744. The Hall–Kier alpha value is -1.14. The van der Waals surface area contributed by atoms with Crippen molar-refractivity contribution in [3.05, 3.63) is 52.5 Å². The minimum Gasteiger partial charge on any atom is -0.508 e. The predicted octanol–water partition coefficient (Wildman–Crippen LogP) is 5.32. The van der Waals surface area contributed by atoms with Crippen molar-refractivity contribution in [1.29, 1.82) is 0 Å². The molecule has 0 fully saturated rings. The van der Waals surface area contributed by atoms with E-state index in [9.17, 15) is 13.2 Å². The minimum atomic E-state index is -4.39. The molecule has 19 heavy (non-hydrogen) atoms. The van der Waals surface area contributed by atoms with Gasteiger partial charge in [0.25, 0.3) is 0 Å². The average Bonchev–Trinajstić information content (AvgIpc) is 2.30. The third kappa shape index (κ3) is 3.67. The first-order valence-electron chi connectivity index (χ1n) is 5.20. The number of phenols is 1. The molecular formula is C13H8BrF3OS. The van der Waals surface area contributed by atoms with Crippen molar-refractivity contribution in [2.75, 3.05) is 0 Å². The summed E-state index contributed by atoms with van der Waals surface area (Å²) in [6, 6.07) is 9.86. The molecule has 0 aromatic heterocycles. The maximum absolute atomic E-state index is 12.9. The monoisotopic (exact) mass is 348 g/mol. The van der Waals surface area contributed by atoms with Gasteiger partial charge < -0.3 is 5.11 Å². The first kappa shape index (κ1) is 14.3. The Morgan fingerprint density at radius 3 is 2.21 bits per heavy atom. The average molecular weight is 349 g/mol. The molecule has 100 valence electrons. The largest absolute Gasteiger partial charge is 0.508 e. The molecule has 0 atom stereocenters. The molecule has 0 bridgehead atoms. The second-order valence-electron chi connectivity index (χ2n) is 3.73. The fourth-order valence-corrected chi connectivity index (χ4v) is 2.97. The number of hydrogen-bond donors (Lipinski definition) is 1. The van der Waals surface area contributed by atoms with Crippen molar-refractivity contribution in [2.45, 2.75) is 16.0 Å². The fourth-order valence-electron chi connectivity index (χ4n) is 1.46. The summed E-state index contributed by atoms with van der Waals surface area (Å²) in [6.07, 6.45) is -4.39. The predicted molar refractivity (Wildman–Crippen MR) is 71.4 cm³/mol. The Bertz CT molecular complexity index is 581. The van der Waals surface area contributed by atoms with Gasteiger partial charge in [0.15, 0.2) is 0 Å². The zero-order valence-electron chi connectivity index (χ0n) is 9.41. The lowest BCUT2D eigenvalue weighted by Gasteiger charge is -2.12. The van der Waals surface area contributed by atoms with Gasteiger partial charge in [-0.05, 0) is 42.5 Å². The third-order valence-corrected chi connectivity index (χ3v) is 3.87. The normalized spacial score (nSPS) is 11.6. The van der Waals surface area contributed by atoms with Gasteiger partial charge in [-0.1, -0.05) is 27.7 Å². The fraction of sp³-hybridized carbons (Fsp3) is 0.0769. The lowest BCUT2D eigenvalue weighted by Crippen LogP contribution is -2.06. The molecule has 2 aromatic rings. The highest BCUT2D eigenvalue weighted by Crippen LogP contribution is 2.40. The molecule has 0 aliphatic carbocycles. The first-order valence-corrected chi connectivity index (χ1v) is 6.81. The second-order valence-corrected chi connectivity index (χ2v) is 5.77. The second kappa shape index (κ2) is 5.46. The van der Waals surface area contributed by atoms with Crippen LogP contribution in [0.15, 0.2) is 56.7 Å². The van der Waals surface area contributed by atoms with Gasteiger partial charge in [-0.3, -0.25) is 0 Å². The van der Waals surface area contributed by atoms with Crippen LogP contribution >= 0.6 is 27.7 Å². The van der Waals surface area contributed by atoms with Crippen molar-refractivity contribution in [3.8, 4) is 5.75 Å². The van der Waals surface area contributed by atoms with Gasteiger partial charge in [0, 0.05) is 14.3 Å². The van der Waals surface area contributed by atoms with E-state index in [1.54, 1.807) is 12.1 Å². The molecular weight excluding hydrogens is 341 g/mol. The van der Waals surface area contributed by atoms with E-state index in [1.807, 2.05) is 0 Å². The van der Waals surface area contributed by atoms with Crippen LogP contribution in [-0.2, 0) is 6.18 Å². The third-order valence-electron chi connectivity index (χ3n) is 2.31. The summed E-state index contributed by atoms with van der Waals surface area (Å²) >= 11 is 4.17. The molecule has 0 aliphatic heterocycles. The van der Waals surface area contributed by atoms with E-state index in [4.69, 9.17) is 5.11 Å². The molecule has 0 radical (unpaired) electrons. The molecule has 0 aliphatic rings. The van der Waals surface area contributed by atoms with E-state index in [0.29, 0.717) is 9.37 Å². The number of phenolic OH excluding ortho intramolecular Hbond substituents is 1. The molecule has 1 N–H and O–H groups in total. The molecule has 0 saturated heterocycles. The van der Waals surface area contributed by atoms with Gasteiger partial charge in [0.1, 0.15) is 5.75 Å². The highest BCUT2D eigenvalue weighted by Gasteiger charge is 2.33. The number of aromatic hydroxyl groups is 1. The summed E-state index contributed by atoms with van der Waals surface area (Å²) in [5.74, 6) is 0.0784. The van der Waals surface area contributed by atoms with E-state index in [1.165, 1.54) is 24.3 Å². The summed E-state index contributed by atoms with van der Waals surface area (Å²) in [6.45, 7) is 0. The van der Waals surface area contributed by atoms with Gasteiger partial charge in [0.2, 0.25) is 0 Å². The smallest absolute Gasteiger partial charge is 0.417 e. The Morgan fingerprint density at radius 2 is 1.63 bits per heavy atom. The molecule has 0 saturated carbocycles. The van der Waals surface area contributed by atoms with E-state index < -0.39 is 11.7 Å². The maximum Gasteiger partial charge on any atom is 0.417 e. The van der Waals surface area contributed by atoms with E-state index >= 15 is 0 Å². The van der Waals surface area contributed by atoms with Crippen molar-refractivity contribution >= 4 is 27.7 Å². The minimum absolute atomic E-state index is 0.0784. The van der Waals surface area contributed by atoms with Gasteiger partial charge in [-0.2, -0.15) is 13.2 Å². The summed E-state index contributed by atoms with van der Waals surface area (Å²) in [5.41, 5.74) is -0.672. The Balaban J connectivity index is 2.38. The van der Waals surface area contributed by atoms with Crippen LogP contribution in [0.1, 0.15) is 5.56 Å². The molecule has 0 heterocycles. The molecule has 6 heteroatoms. The molecule has 2 rings (SSSR count). The maximum atomic E-state index is 12.9. The van der Waals surface area contributed by atoms with Crippen LogP contribution in [0.4, 0.5) is 13.2 Å². The van der Waals surface area contributed by atoms with Crippen LogP contribution in [-0.4, -0.2) is 5.11 Å². The molecule has 0 spiro atoms. The Morgan fingerprint density at radius 1 is 1.00 bits per heavy atom. The number of hydrogen-bond acceptors (Lipinski definition) is 2. The molecule has 2 aromatic carbocycles. The molecule has 0 unspecified atom stereocenters. The number of halogens is 4. The first-order chi connectivity index (χ1) is 8.86. The zero-order valence-corrected chi connectivity index (χ0v) is 11.8. The van der Waals surface area contributed by atoms with Crippen LogP contribution in [0.2, 0.25) is 0 Å². The van der Waals surface area contributed by atoms with Crippen molar-refractivity contribution in [2.24, 2.45) is 0 Å². The highest BCUT2D eigenvalue weighted by molar-refractivity contribution is 9.10. The van der Waals surface area contributed by atoms with Crippen LogP contribution in [0.25, 0.3) is 0 Å². The van der Waals surface area contributed by atoms with Gasteiger partial charge in [0.05, 0.1) is 5.56 Å². The summed E-state index contributed by atoms with van der Waals surface area (Å²) < 4.78 is 39.2. The lowest BCUT2D eigenvalue weighted by atomic mass is 10.2. The topological polar surface area (TPSA) is 20.2 Å². The van der Waals surface area contributed by atoms with E-state index in [0.717, 1.165) is 17.8 Å². The summed E-state index contributed by atoms with van der Waals surface area (Å²) in [5, 5.41) is 9.15. The number of alkyl halides is 3. The van der Waals surface area contributed by atoms with Crippen molar-refractivity contribution in [3.63, 3.8) is 0 Å². The Labute approximate surface area is 120 Å². The zero-order chi connectivity index (χ0) is 14.0. The number of rotatable bonds is 2. The number of benzene rings is 2. The lowest BCUT2D eigenvalue weighted by molar-refractivity contribution is -0.139. The van der Waals surface area contributed by atoms with Crippen LogP contribution in [0, 0.1) is 0 Å². The van der Waals surface area contributed by atoms with E-state index in [2.05, 4.69) is 15.9 Å². The van der Waals surface area contributed by atoms with Gasteiger partial charge in [-0.25, -0.2) is 0 Å². The van der Waals surface area contributed by atoms with Crippen LogP contribution in [0.5, 0.6) is 5.75 Å². The van der Waals surface area contributed by atoms with Gasteiger partial charge in [-0.15, -0.1) is 0 Å². The molecule has 0 amide bonds. The highest BCUT2D eigenvalue weighted by atomic mass is 79.9. The standard InChI is InChI=1S/C13H8BrF3OS/c14-8-1-6-11(13(15,16)17)12(7-8)19-10-4-2-9(18)3-5-10/h1-7,18H. The van der Waals surface area contributed by atoms with Crippen LogP contribution < -0.4 is 0 Å². The van der Waals surface area contributed by atoms with Gasteiger partial charge >= 0.3 is 6.18 Å². The van der Waals surface area contributed by atoms with Crippen molar-refractivity contribution < 1.29 is 18.3 Å². The molecule has 1 nitrogen and oxygen atoms in total. The quantitative estimate of drug-likeness (QED) is 0.791. The van der Waals surface area contributed by atoms with Crippen LogP contribution in [0.3, 0.4) is 0 Å².